The summed E-state index contributed by atoms with van der Waals surface area (Å²) >= 11 is 0. The molecule has 0 spiro atoms. The van der Waals surface area contributed by atoms with Gasteiger partial charge >= 0.3 is 0 Å². The van der Waals surface area contributed by atoms with E-state index in [1.807, 2.05) is 24.3 Å². The highest BCUT2D eigenvalue weighted by Crippen LogP contribution is 2.33. The fourth-order valence-corrected chi connectivity index (χ4v) is 2.85. The molecule has 0 N–H and O–H groups in total. The monoisotopic (exact) mass is 361 g/mol. The number of methoxy groups -OCH3 is 1. The van der Waals surface area contributed by atoms with Gasteiger partial charge in [-0.15, -0.1) is 0 Å². The molecule has 1 aliphatic carbocycles. The first kappa shape index (κ1) is 20.1. The predicted octanol–water partition coefficient (Wildman–Crippen LogP) is 2.19. The Morgan fingerprint density at radius 1 is 1.08 bits per heavy atom. The van der Waals surface area contributed by atoms with Gasteiger partial charge in [0.05, 0.1) is 25.4 Å². The Labute approximate surface area is 154 Å². The summed E-state index contributed by atoms with van der Waals surface area (Å²) in [5.74, 6) is 0.416. The van der Waals surface area contributed by atoms with Crippen LogP contribution < -0.4 is 4.74 Å². The first-order valence-corrected chi connectivity index (χ1v) is 8.75. The van der Waals surface area contributed by atoms with Gasteiger partial charge in [-0.25, -0.2) is 0 Å². The number of ether oxygens (including phenoxy) is 3. The fraction of sp³-hybridized carbons (Fsp3) is 0.500. The van der Waals surface area contributed by atoms with Gasteiger partial charge in [0.2, 0.25) is 0 Å². The number of benzene rings is 1. The van der Waals surface area contributed by atoms with E-state index in [9.17, 15) is 9.59 Å². The molecule has 0 radical (unpaired) electrons. The summed E-state index contributed by atoms with van der Waals surface area (Å²) in [5, 5.41) is 0. The lowest BCUT2D eigenvalue weighted by Gasteiger charge is -2.23. The minimum Gasteiger partial charge on any atom is -0.491 e. The predicted molar refractivity (Wildman–Crippen MR) is 98.4 cm³/mol. The van der Waals surface area contributed by atoms with Gasteiger partial charge in [0.15, 0.2) is 11.6 Å². The lowest BCUT2D eigenvalue weighted by Crippen LogP contribution is -2.26. The maximum absolute atomic E-state index is 12.3. The molecule has 6 heteroatoms. The Morgan fingerprint density at radius 3 is 2.42 bits per heavy atom. The summed E-state index contributed by atoms with van der Waals surface area (Å²) in [6.07, 6.45) is 2.30. The van der Waals surface area contributed by atoms with Crippen LogP contribution in [0.25, 0.3) is 0 Å². The largest absolute Gasteiger partial charge is 0.491 e. The summed E-state index contributed by atoms with van der Waals surface area (Å²) in [7, 11) is 5.24. The zero-order chi connectivity index (χ0) is 18.9. The van der Waals surface area contributed by atoms with Crippen LogP contribution in [0.1, 0.15) is 24.3 Å². The van der Waals surface area contributed by atoms with E-state index in [-0.39, 0.29) is 17.5 Å². The Bertz CT molecular complexity index is 633. The summed E-state index contributed by atoms with van der Waals surface area (Å²) in [5.41, 5.74) is 1.25. The van der Waals surface area contributed by atoms with Crippen LogP contribution in [-0.2, 0) is 19.1 Å². The number of ketones is 2. The van der Waals surface area contributed by atoms with Crippen LogP contribution >= 0.6 is 0 Å². The first-order valence-electron chi connectivity index (χ1n) is 8.75. The van der Waals surface area contributed by atoms with Gasteiger partial charge in [-0.1, -0.05) is 12.1 Å². The number of carbonyl (C=O) groups is 2. The molecule has 0 aromatic heterocycles. The lowest BCUT2D eigenvalue weighted by molar-refractivity contribution is -0.124. The van der Waals surface area contributed by atoms with Crippen LogP contribution in [0.5, 0.6) is 5.75 Å². The first-order chi connectivity index (χ1) is 12.5. The van der Waals surface area contributed by atoms with Crippen LogP contribution in [-0.4, -0.2) is 64.1 Å². The van der Waals surface area contributed by atoms with Crippen molar-refractivity contribution in [3.63, 3.8) is 0 Å². The molecule has 1 aromatic rings. The maximum Gasteiger partial charge on any atom is 0.168 e. The smallest absolute Gasteiger partial charge is 0.168 e. The van der Waals surface area contributed by atoms with Crippen LogP contribution in [0, 0.1) is 0 Å². The number of Topliss-reactive ketones (excluding diaryl/α,β-unsaturated/α-hetero) is 2. The molecule has 1 aliphatic rings. The summed E-state index contributed by atoms with van der Waals surface area (Å²) < 4.78 is 16.0. The standard InChI is InChI=1S/C20H27NO5/c1-21(2)14-18-19(22)12-16(13-20(18)23)15-5-4-6-17(11-15)26-10-9-25-8-7-24-3/h4-6,11,14,16H,7-10,12-13H2,1-3H3. The fourth-order valence-electron chi connectivity index (χ4n) is 2.85. The third kappa shape index (κ3) is 5.97. The zero-order valence-corrected chi connectivity index (χ0v) is 15.7. The molecule has 0 aliphatic heterocycles. The highest BCUT2D eigenvalue weighted by molar-refractivity contribution is 6.22. The number of nitrogens with zero attached hydrogens (tertiary/aromatic N) is 1. The van der Waals surface area contributed by atoms with Crippen molar-refractivity contribution in [3.8, 4) is 5.75 Å². The van der Waals surface area contributed by atoms with Crippen molar-refractivity contribution in [2.45, 2.75) is 18.8 Å². The molecule has 1 saturated carbocycles. The highest BCUT2D eigenvalue weighted by Gasteiger charge is 2.31. The Hall–Kier alpha value is -2.18. The van der Waals surface area contributed by atoms with Crippen LogP contribution in [0.15, 0.2) is 36.0 Å². The number of hydrogen-bond acceptors (Lipinski definition) is 6. The van der Waals surface area contributed by atoms with E-state index in [0.29, 0.717) is 50.6 Å². The third-order valence-electron chi connectivity index (χ3n) is 4.11. The van der Waals surface area contributed by atoms with E-state index in [4.69, 9.17) is 14.2 Å². The van der Waals surface area contributed by atoms with Gasteiger partial charge in [0.1, 0.15) is 12.4 Å². The second kappa shape index (κ2) is 10.1. The molecule has 0 unspecified atom stereocenters. The molecule has 2 rings (SSSR count). The van der Waals surface area contributed by atoms with Crippen LogP contribution in [0.4, 0.5) is 0 Å². The number of allylic oxidation sites excluding steroid dienone is 1. The molecular weight excluding hydrogens is 334 g/mol. The molecule has 1 fully saturated rings. The zero-order valence-electron chi connectivity index (χ0n) is 15.7. The van der Waals surface area contributed by atoms with Crippen molar-refractivity contribution >= 4 is 11.6 Å². The van der Waals surface area contributed by atoms with Gasteiger partial charge in [-0.05, 0) is 23.6 Å². The minimum atomic E-state index is -0.101. The van der Waals surface area contributed by atoms with E-state index < -0.39 is 0 Å². The molecule has 0 saturated heterocycles. The van der Waals surface area contributed by atoms with Gasteiger partial charge in [0.25, 0.3) is 0 Å². The normalized spacial score (nSPS) is 17.3. The van der Waals surface area contributed by atoms with Crippen molar-refractivity contribution in [1.82, 2.24) is 4.90 Å². The quantitative estimate of drug-likeness (QED) is 0.382. The lowest BCUT2D eigenvalue weighted by atomic mass is 9.80. The molecule has 26 heavy (non-hydrogen) atoms. The number of carbonyl (C=O) groups excluding carboxylic acids is 2. The third-order valence-corrected chi connectivity index (χ3v) is 4.11. The molecule has 0 amide bonds. The molecule has 6 nitrogen and oxygen atoms in total. The van der Waals surface area contributed by atoms with Crippen molar-refractivity contribution in [1.29, 1.82) is 0 Å². The number of rotatable bonds is 9. The molecule has 0 bridgehead atoms. The Balaban J connectivity index is 1.93. The number of hydrogen-bond donors (Lipinski definition) is 0. The molecule has 142 valence electrons. The molecule has 0 atom stereocenters. The van der Waals surface area contributed by atoms with E-state index in [0.717, 1.165) is 5.56 Å². The topological polar surface area (TPSA) is 65.1 Å². The van der Waals surface area contributed by atoms with Crippen molar-refractivity contribution in [2.75, 3.05) is 47.6 Å². The molecular formula is C20H27NO5. The second-order valence-corrected chi connectivity index (χ2v) is 6.48. The molecule has 1 aromatic carbocycles. The SMILES string of the molecule is COCCOCCOc1cccc(C2CC(=O)C(=CN(C)C)C(=O)C2)c1. The second-order valence-electron chi connectivity index (χ2n) is 6.48. The average molecular weight is 361 g/mol. The van der Waals surface area contributed by atoms with Gasteiger partial charge in [-0.2, -0.15) is 0 Å². The molecule has 0 heterocycles. The van der Waals surface area contributed by atoms with Crippen molar-refractivity contribution < 1.29 is 23.8 Å². The van der Waals surface area contributed by atoms with Crippen molar-refractivity contribution in [3.05, 3.63) is 41.6 Å². The van der Waals surface area contributed by atoms with Crippen molar-refractivity contribution in [2.24, 2.45) is 0 Å². The Kier molecular flexibility index (Phi) is 7.81. The van der Waals surface area contributed by atoms with Gasteiger partial charge < -0.3 is 19.1 Å². The highest BCUT2D eigenvalue weighted by atomic mass is 16.5. The maximum atomic E-state index is 12.3. The van der Waals surface area contributed by atoms with Gasteiger partial charge in [-0.3, -0.25) is 9.59 Å². The summed E-state index contributed by atoms with van der Waals surface area (Å²) in [4.78, 5) is 26.4. The summed E-state index contributed by atoms with van der Waals surface area (Å²) in [6, 6.07) is 7.59. The van der Waals surface area contributed by atoms with Crippen LogP contribution in [0.2, 0.25) is 0 Å². The van der Waals surface area contributed by atoms with Gasteiger partial charge in [0, 0.05) is 40.2 Å². The van der Waals surface area contributed by atoms with E-state index >= 15 is 0 Å². The van der Waals surface area contributed by atoms with E-state index in [1.165, 1.54) is 0 Å². The van der Waals surface area contributed by atoms with E-state index in [2.05, 4.69) is 0 Å². The van der Waals surface area contributed by atoms with E-state index in [1.54, 1.807) is 32.3 Å². The minimum absolute atomic E-state index is 0.0992. The van der Waals surface area contributed by atoms with Crippen LogP contribution in [0.3, 0.4) is 0 Å². The Morgan fingerprint density at radius 2 is 1.77 bits per heavy atom. The average Bonchev–Trinajstić information content (AvgIpc) is 2.61. The summed E-state index contributed by atoms with van der Waals surface area (Å²) in [6.45, 7) is 2.01.